The Morgan fingerprint density at radius 1 is 1.16 bits per heavy atom. The number of benzene rings is 2. The van der Waals surface area contributed by atoms with E-state index in [0.29, 0.717) is 32.0 Å². The lowest BCUT2D eigenvalue weighted by atomic mass is 10.0. The molecule has 0 aliphatic carbocycles. The Morgan fingerprint density at radius 3 is 2.59 bits per heavy atom. The highest BCUT2D eigenvalue weighted by Crippen LogP contribution is 2.34. The Morgan fingerprint density at radius 2 is 1.91 bits per heavy atom. The Balaban J connectivity index is 1.60. The van der Waals surface area contributed by atoms with E-state index >= 15 is 0 Å². The highest BCUT2D eigenvalue weighted by molar-refractivity contribution is 5.81. The van der Waals surface area contributed by atoms with E-state index in [2.05, 4.69) is 70.4 Å². The van der Waals surface area contributed by atoms with Crippen LogP contribution in [0.4, 0.5) is 0 Å². The molecule has 32 heavy (non-hydrogen) atoms. The van der Waals surface area contributed by atoms with Crippen LogP contribution in [-0.4, -0.2) is 39.0 Å². The summed E-state index contributed by atoms with van der Waals surface area (Å²) < 4.78 is 8.54. The SMILES string of the molecule is Cc1ccc(C(C)C)c(OCCn2c([C@@H]3CC(=O)N(C(C)(C)C)C3)nc3ccccc32)c1. The Bertz CT molecular complexity index is 1120. The van der Waals surface area contributed by atoms with Gasteiger partial charge in [-0.2, -0.15) is 0 Å². The van der Waals surface area contributed by atoms with Crippen molar-refractivity contribution in [3.63, 3.8) is 0 Å². The van der Waals surface area contributed by atoms with Gasteiger partial charge in [0.05, 0.1) is 17.6 Å². The summed E-state index contributed by atoms with van der Waals surface area (Å²) in [5.41, 5.74) is 4.33. The number of fused-ring (bicyclic) bond motifs is 1. The van der Waals surface area contributed by atoms with Gasteiger partial charge in [0.2, 0.25) is 5.91 Å². The zero-order valence-corrected chi connectivity index (χ0v) is 20.2. The quantitative estimate of drug-likeness (QED) is 0.504. The molecule has 0 N–H and O–H groups in total. The van der Waals surface area contributed by atoms with Crippen molar-refractivity contribution in [1.82, 2.24) is 14.5 Å². The van der Waals surface area contributed by atoms with Crippen molar-refractivity contribution in [3.8, 4) is 5.75 Å². The molecule has 0 saturated carbocycles. The first-order valence-corrected chi connectivity index (χ1v) is 11.6. The van der Waals surface area contributed by atoms with Crippen LogP contribution in [0.3, 0.4) is 0 Å². The fourth-order valence-corrected chi connectivity index (χ4v) is 4.66. The van der Waals surface area contributed by atoms with Gasteiger partial charge in [-0.3, -0.25) is 4.79 Å². The van der Waals surface area contributed by atoms with E-state index < -0.39 is 0 Å². The minimum atomic E-state index is -0.176. The molecule has 2 heterocycles. The number of ether oxygens (including phenoxy) is 1. The number of carbonyl (C=O) groups is 1. The number of hydrogen-bond donors (Lipinski definition) is 0. The number of para-hydroxylation sites is 2. The fourth-order valence-electron chi connectivity index (χ4n) is 4.66. The zero-order valence-electron chi connectivity index (χ0n) is 20.2. The first-order valence-electron chi connectivity index (χ1n) is 11.6. The maximum Gasteiger partial charge on any atom is 0.223 e. The number of amides is 1. The number of carbonyl (C=O) groups excluding carboxylic acids is 1. The molecule has 5 nitrogen and oxygen atoms in total. The number of imidazole rings is 1. The Hall–Kier alpha value is -2.82. The average molecular weight is 434 g/mol. The van der Waals surface area contributed by atoms with Gasteiger partial charge >= 0.3 is 0 Å². The molecule has 1 aliphatic heterocycles. The third-order valence-electron chi connectivity index (χ3n) is 6.35. The second-order valence-corrected chi connectivity index (χ2v) is 10.2. The van der Waals surface area contributed by atoms with E-state index in [1.165, 1.54) is 11.1 Å². The average Bonchev–Trinajstić information content (AvgIpc) is 3.28. The standard InChI is InChI=1S/C27H35N3O2/c1-18(2)21-12-11-19(3)15-24(21)32-14-13-29-23-10-8-7-9-22(23)28-26(29)20-16-25(31)30(17-20)27(4,5)6/h7-12,15,18,20H,13-14,16-17H2,1-6H3/t20-/m1/s1. The smallest absolute Gasteiger partial charge is 0.223 e. The molecule has 3 aromatic rings. The summed E-state index contributed by atoms with van der Waals surface area (Å²) in [6, 6.07) is 14.6. The van der Waals surface area contributed by atoms with Gasteiger partial charge in [-0.05, 0) is 62.9 Å². The van der Waals surface area contributed by atoms with Crippen LogP contribution in [0.15, 0.2) is 42.5 Å². The van der Waals surface area contributed by atoms with Crippen LogP contribution in [0.5, 0.6) is 5.75 Å². The number of aryl methyl sites for hydroxylation is 1. The van der Waals surface area contributed by atoms with Gasteiger partial charge in [0.1, 0.15) is 18.2 Å². The van der Waals surface area contributed by atoms with Crippen LogP contribution in [-0.2, 0) is 11.3 Å². The number of nitrogens with zero attached hydrogens (tertiary/aromatic N) is 3. The number of aromatic nitrogens is 2. The zero-order chi connectivity index (χ0) is 23.0. The van der Waals surface area contributed by atoms with E-state index in [0.717, 1.165) is 22.6 Å². The first-order chi connectivity index (χ1) is 15.1. The normalized spacial score (nSPS) is 17.0. The van der Waals surface area contributed by atoms with Crippen molar-refractivity contribution in [2.24, 2.45) is 0 Å². The molecule has 0 unspecified atom stereocenters. The van der Waals surface area contributed by atoms with Crippen LogP contribution in [0.25, 0.3) is 11.0 Å². The lowest BCUT2D eigenvalue weighted by Crippen LogP contribution is -2.42. The summed E-state index contributed by atoms with van der Waals surface area (Å²) in [6.45, 7) is 14.7. The van der Waals surface area contributed by atoms with Gasteiger partial charge in [-0.15, -0.1) is 0 Å². The van der Waals surface area contributed by atoms with Gasteiger partial charge in [-0.25, -0.2) is 4.98 Å². The largest absolute Gasteiger partial charge is 0.491 e. The lowest BCUT2D eigenvalue weighted by molar-refractivity contribution is -0.131. The predicted molar refractivity (Wildman–Crippen MR) is 129 cm³/mol. The molecule has 1 aromatic heterocycles. The Labute approximate surface area is 191 Å². The molecule has 170 valence electrons. The van der Waals surface area contributed by atoms with Crippen molar-refractivity contribution in [1.29, 1.82) is 0 Å². The summed E-state index contributed by atoms with van der Waals surface area (Å²) in [4.78, 5) is 19.7. The van der Waals surface area contributed by atoms with Crippen LogP contribution < -0.4 is 4.74 Å². The summed E-state index contributed by atoms with van der Waals surface area (Å²) in [7, 11) is 0. The highest BCUT2D eigenvalue weighted by atomic mass is 16.5. The number of rotatable bonds is 6. The van der Waals surface area contributed by atoms with E-state index in [1.54, 1.807) is 0 Å². The van der Waals surface area contributed by atoms with E-state index in [-0.39, 0.29) is 17.4 Å². The van der Waals surface area contributed by atoms with Gasteiger partial charge in [0, 0.05) is 24.4 Å². The van der Waals surface area contributed by atoms with Crippen molar-refractivity contribution in [2.75, 3.05) is 13.2 Å². The molecular weight excluding hydrogens is 398 g/mol. The topological polar surface area (TPSA) is 47.4 Å². The van der Waals surface area contributed by atoms with E-state index in [9.17, 15) is 4.79 Å². The van der Waals surface area contributed by atoms with Crippen LogP contribution in [0.1, 0.15) is 69.8 Å². The molecule has 1 aliphatic rings. The van der Waals surface area contributed by atoms with Gasteiger partial charge < -0.3 is 14.2 Å². The third kappa shape index (κ3) is 4.38. The summed E-state index contributed by atoms with van der Waals surface area (Å²) in [5.74, 6) is 2.66. The van der Waals surface area contributed by atoms with Crippen LogP contribution in [0.2, 0.25) is 0 Å². The lowest BCUT2D eigenvalue weighted by Gasteiger charge is -2.32. The molecule has 1 atom stereocenters. The number of likely N-dealkylation sites (tertiary alicyclic amines) is 1. The molecule has 0 spiro atoms. The minimum absolute atomic E-state index is 0.0966. The molecule has 5 heteroatoms. The second kappa shape index (κ2) is 8.61. The monoisotopic (exact) mass is 433 g/mol. The Kier molecular flexibility index (Phi) is 6.02. The highest BCUT2D eigenvalue weighted by Gasteiger charge is 2.39. The summed E-state index contributed by atoms with van der Waals surface area (Å²) in [6.07, 6.45) is 0.511. The molecule has 4 rings (SSSR count). The summed E-state index contributed by atoms with van der Waals surface area (Å²) >= 11 is 0. The van der Waals surface area contributed by atoms with E-state index in [4.69, 9.17) is 9.72 Å². The van der Waals surface area contributed by atoms with Gasteiger partial charge in [0.25, 0.3) is 0 Å². The third-order valence-corrected chi connectivity index (χ3v) is 6.35. The maximum absolute atomic E-state index is 12.7. The predicted octanol–water partition coefficient (Wildman–Crippen LogP) is 5.66. The van der Waals surface area contributed by atoms with Crippen LogP contribution in [0, 0.1) is 6.92 Å². The van der Waals surface area contributed by atoms with Gasteiger partial charge in [-0.1, -0.05) is 38.1 Å². The van der Waals surface area contributed by atoms with Crippen molar-refractivity contribution in [2.45, 2.75) is 71.9 Å². The van der Waals surface area contributed by atoms with Crippen molar-refractivity contribution in [3.05, 3.63) is 59.4 Å². The van der Waals surface area contributed by atoms with E-state index in [1.807, 2.05) is 23.1 Å². The molecule has 0 radical (unpaired) electrons. The fraction of sp³-hybridized carbons (Fsp3) is 0.481. The molecule has 2 aromatic carbocycles. The van der Waals surface area contributed by atoms with Crippen molar-refractivity contribution < 1.29 is 9.53 Å². The molecule has 0 bridgehead atoms. The summed E-state index contributed by atoms with van der Waals surface area (Å²) in [5, 5.41) is 0. The van der Waals surface area contributed by atoms with Crippen LogP contribution >= 0.6 is 0 Å². The first kappa shape index (κ1) is 22.4. The molecule has 1 amide bonds. The molecule has 1 saturated heterocycles. The number of hydrogen-bond acceptors (Lipinski definition) is 3. The maximum atomic E-state index is 12.7. The molecule has 1 fully saturated rings. The molecular formula is C27H35N3O2. The van der Waals surface area contributed by atoms with Crippen molar-refractivity contribution >= 4 is 16.9 Å². The second-order valence-electron chi connectivity index (χ2n) is 10.2. The minimum Gasteiger partial charge on any atom is -0.491 e. The van der Waals surface area contributed by atoms with Gasteiger partial charge in [0.15, 0.2) is 0 Å².